The Kier molecular flexibility index (Phi) is 8.53. The lowest BCUT2D eigenvalue weighted by Crippen LogP contribution is -2.47. The topological polar surface area (TPSA) is 102 Å². The lowest BCUT2D eigenvalue weighted by Gasteiger charge is -2.24. The molecule has 0 saturated heterocycles. The van der Waals surface area contributed by atoms with Crippen molar-refractivity contribution in [2.45, 2.75) is 56.4 Å². The fraction of sp³-hybridized carbons (Fsp3) is 0.286. The molecule has 2 N–H and O–H groups in total. The predicted molar refractivity (Wildman–Crippen MR) is 140 cm³/mol. The van der Waals surface area contributed by atoms with E-state index in [9.17, 15) is 18.0 Å². The van der Waals surface area contributed by atoms with Crippen LogP contribution in [-0.2, 0) is 31.5 Å². The van der Waals surface area contributed by atoms with Gasteiger partial charge in [-0.3, -0.25) is 0 Å². The molecule has 0 fully saturated rings. The van der Waals surface area contributed by atoms with Gasteiger partial charge in [-0.05, 0) is 63.1 Å². The van der Waals surface area contributed by atoms with Gasteiger partial charge in [0.2, 0.25) is 0 Å². The van der Waals surface area contributed by atoms with Gasteiger partial charge in [0.1, 0.15) is 11.6 Å². The molecule has 0 bridgehead atoms. The second kappa shape index (κ2) is 11.4. The molecule has 0 aliphatic heterocycles. The van der Waals surface area contributed by atoms with Crippen LogP contribution in [0, 0.1) is 6.92 Å². The van der Waals surface area contributed by atoms with Gasteiger partial charge in [0.05, 0.1) is 10.6 Å². The molecule has 3 rings (SSSR count). The molecule has 0 aliphatic carbocycles. The highest BCUT2D eigenvalue weighted by Gasteiger charge is 2.27. The number of amides is 2. The smallest absolute Gasteiger partial charge is 0.329 e. The minimum atomic E-state index is -3.49. The van der Waals surface area contributed by atoms with E-state index < -0.39 is 33.5 Å². The highest BCUT2D eigenvalue weighted by atomic mass is 32.2. The average molecular weight is 509 g/mol. The van der Waals surface area contributed by atoms with E-state index >= 15 is 0 Å². The monoisotopic (exact) mass is 508 g/mol. The summed E-state index contributed by atoms with van der Waals surface area (Å²) in [6, 6.07) is 21.2. The second-order valence-electron chi connectivity index (χ2n) is 9.64. The first-order valence-electron chi connectivity index (χ1n) is 11.6. The molecule has 36 heavy (non-hydrogen) atoms. The molecule has 8 heteroatoms. The van der Waals surface area contributed by atoms with Crippen molar-refractivity contribution in [2.24, 2.45) is 0 Å². The molecular weight excluding hydrogens is 476 g/mol. The van der Waals surface area contributed by atoms with Gasteiger partial charge in [0, 0.05) is 12.1 Å². The van der Waals surface area contributed by atoms with Gasteiger partial charge >= 0.3 is 12.0 Å². The minimum absolute atomic E-state index is 0.152. The maximum atomic E-state index is 12.7. The van der Waals surface area contributed by atoms with E-state index in [0.717, 1.165) is 11.1 Å². The summed E-state index contributed by atoms with van der Waals surface area (Å²) in [5.74, 6) is -0.682. The van der Waals surface area contributed by atoms with Crippen LogP contribution in [0.2, 0.25) is 0 Å². The van der Waals surface area contributed by atoms with Crippen LogP contribution in [0.15, 0.2) is 83.8 Å². The third-order valence-corrected chi connectivity index (χ3v) is 6.93. The van der Waals surface area contributed by atoms with Crippen LogP contribution in [0.3, 0.4) is 0 Å². The summed E-state index contributed by atoms with van der Waals surface area (Å²) in [6.07, 6.45) is 0.277. The number of carbonyl (C=O) groups excluding carboxylic acids is 2. The van der Waals surface area contributed by atoms with E-state index in [2.05, 4.69) is 10.6 Å². The minimum Gasteiger partial charge on any atom is -0.458 e. The molecule has 3 aromatic carbocycles. The summed E-state index contributed by atoms with van der Waals surface area (Å²) in [6.45, 7) is 7.21. The zero-order valence-corrected chi connectivity index (χ0v) is 21.8. The molecule has 3 aromatic rings. The van der Waals surface area contributed by atoms with Gasteiger partial charge in [0.15, 0.2) is 9.84 Å². The van der Waals surface area contributed by atoms with Crippen molar-refractivity contribution < 1.29 is 22.7 Å². The predicted octanol–water partition coefficient (Wildman–Crippen LogP) is 5.04. The van der Waals surface area contributed by atoms with Gasteiger partial charge in [-0.25, -0.2) is 18.0 Å². The van der Waals surface area contributed by atoms with E-state index in [4.69, 9.17) is 4.74 Å². The Hall–Kier alpha value is -3.65. The van der Waals surface area contributed by atoms with E-state index in [1.165, 1.54) is 0 Å². The maximum absolute atomic E-state index is 12.7. The molecule has 2 amide bonds. The number of hydrogen-bond acceptors (Lipinski definition) is 5. The molecule has 190 valence electrons. The summed E-state index contributed by atoms with van der Waals surface area (Å²) < 4.78 is 30.9. The summed E-state index contributed by atoms with van der Waals surface area (Å²) >= 11 is 0. The zero-order chi connectivity index (χ0) is 26.3. The summed E-state index contributed by atoms with van der Waals surface area (Å²) in [5, 5.41) is 5.39. The highest BCUT2D eigenvalue weighted by molar-refractivity contribution is 7.90. The summed E-state index contributed by atoms with van der Waals surface area (Å²) in [5.41, 5.74) is 2.23. The normalized spacial score (nSPS) is 12.4. The van der Waals surface area contributed by atoms with E-state index in [1.807, 2.05) is 37.3 Å². The van der Waals surface area contributed by atoms with Crippen LogP contribution >= 0.6 is 0 Å². The van der Waals surface area contributed by atoms with Gasteiger partial charge in [-0.15, -0.1) is 0 Å². The number of hydrogen-bond donors (Lipinski definition) is 2. The first kappa shape index (κ1) is 26.9. The molecule has 0 unspecified atom stereocenters. The molecule has 7 nitrogen and oxygen atoms in total. The van der Waals surface area contributed by atoms with Crippen LogP contribution < -0.4 is 10.6 Å². The van der Waals surface area contributed by atoms with Crippen LogP contribution in [0.1, 0.15) is 37.5 Å². The number of rotatable bonds is 8. The Balaban J connectivity index is 1.65. The van der Waals surface area contributed by atoms with Gasteiger partial charge in [-0.1, -0.05) is 60.2 Å². The van der Waals surface area contributed by atoms with Crippen molar-refractivity contribution in [3.63, 3.8) is 0 Å². The number of sulfone groups is 1. The van der Waals surface area contributed by atoms with Crippen LogP contribution in [0.5, 0.6) is 0 Å². The molecule has 0 radical (unpaired) electrons. The lowest BCUT2D eigenvalue weighted by molar-refractivity contribution is -0.157. The van der Waals surface area contributed by atoms with E-state index in [-0.39, 0.29) is 17.1 Å². The van der Waals surface area contributed by atoms with Crippen molar-refractivity contribution in [1.82, 2.24) is 5.32 Å². The Morgan fingerprint density at radius 2 is 1.47 bits per heavy atom. The Bertz CT molecular complexity index is 1280. The number of urea groups is 1. The van der Waals surface area contributed by atoms with E-state index in [1.54, 1.807) is 69.3 Å². The van der Waals surface area contributed by atoms with Gasteiger partial charge in [-0.2, -0.15) is 0 Å². The second-order valence-corrected chi connectivity index (χ2v) is 11.6. The van der Waals surface area contributed by atoms with Crippen LogP contribution in [0.4, 0.5) is 10.5 Å². The number of aryl methyl sites for hydroxylation is 1. The molecule has 0 aromatic heterocycles. The Labute approximate surface area is 212 Å². The standard InChI is InChI=1S/C28H32N2O5S/c1-20-10-16-24(17-11-20)36(33,34)19-22-12-14-23(15-13-22)29-27(32)30-25(26(31)35-28(2,3)4)18-21-8-6-5-7-9-21/h5-17,25H,18-19H2,1-4H3,(H2,29,30,32)/t25-/m0/s1. The Morgan fingerprint density at radius 3 is 2.06 bits per heavy atom. The van der Waals surface area contributed by atoms with Crippen LogP contribution in [0.25, 0.3) is 0 Å². The van der Waals surface area contributed by atoms with E-state index in [0.29, 0.717) is 11.3 Å². The summed E-state index contributed by atoms with van der Waals surface area (Å²) in [7, 11) is -3.49. The van der Waals surface area contributed by atoms with Crippen LogP contribution in [-0.4, -0.2) is 32.1 Å². The largest absolute Gasteiger partial charge is 0.458 e. The number of esters is 1. The third kappa shape index (κ3) is 8.23. The SMILES string of the molecule is Cc1ccc(S(=O)(=O)Cc2ccc(NC(=O)N[C@@H](Cc3ccccc3)C(=O)OC(C)(C)C)cc2)cc1. The average Bonchev–Trinajstić information content (AvgIpc) is 2.79. The Morgan fingerprint density at radius 1 is 0.861 bits per heavy atom. The fourth-order valence-corrected chi connectivity index (χ4v) is 4.82. The van der Waals surface area contributed by atoms with Crippen molar-refractivity contribution in [3.8, 4) is 0 Å². The lowest BCUT2D eigenvalue weighted by atomic mass is 10.1. The molecule has 0 aliphatic rings. The van der Waals surface area contributed by atoms with Crippen molar-refractivity contribution in [2.75, 3.05) is 5.32 Å². The summed E-state index contributed by atoms with van der Waals surface area (Å²) in [4.78, 5) is 25.7. The molecule has 0 heterocycles. The number of benzene rings is 3. The van der Waals surface area contributed by atoms with Crippen molar-refractivity contribution in [1.29, 1.82) is 0 Å². The van der Waals surface area contributed by atoms with Crippen molar-refractivity contribution >= 4 is 27.5 Å². The number of ether oxygens (including phenoxy) is 1. The molecule has 1 atom stereocenters. The van der Waals surface area contributed by atoms with Crippen molar-refractivity contribution in [3.05, 3.63) is 95.6 Å². The van der Waals surface area contributed by atoms with Gasteiger partial charge < -0.3 is 15.4 Å². The quantitative estimate of drug-likeness (QED) is 0.415. The fourth-order valence-electron chi connectivity index (χ4n) is 3.47. The third-order valence-electron chi connectivity index (χ3n) is 5.23. The zero-order valence-electron chi connectivity index (χ0n) is 20.9. The number of carbonyl (C=O) groups is 2. The first-order chi connectivity index (χ1) is 16.9. The maximum Gasteiger partial charge on any atom is 0.329 e. The highest BCUT2D eigenvalue weighted by Crippen LogP contribution is 2.19. The first-order valence-corrected chi connectivity index (χ1v) is 13.3. The number of nitrogens with one attached hydrogen (secondary N) is 2. The molecule has 0 spiro atoms. The molecular formula is C28H32N2O5S. The number of anilines is 1. The van der Waals surface area contributed by atoms with Gasteiger partial charge in [0.25, 0.3) is 0 Å². The molecule has 0 saturated carbocycles.